The van der Waals surface area contributed by atoms with Gasteiger partial charge in [-0.3, -0.25) is 0 Å². The third kappa shape index (κ3) is 4.97. The normalized spacial score (nSPS) is 28.9. The molecule has 1 aliphatic rings. The van der Waals surface area contributed by atoms with Crippen LogP contribution < -0.4 is 5.32 Å². The van der Waals surface area contributed by atoms with Crippen LogP contribution in [0, 0.1) is 17.3 Å². The SMILES string of the molecule is CCC1CCC(CNCC(C)(CC)CO)CC1. The van der Waals surface area contributed by atoms with Gasteiger partial charge in [-0.2, -0.15) is 0 Å². The summed E-state index contributed by atoms with van der Waals surface area (Å²) in [5.41, 5.74) is 0.0701. The lowest BCUT2D eigenvalue weighted by Gasteiger charge is -2.30. The van der Waals surface area contributed by atoms with Crippen LogP contribution in [0.1, 0.15) is 59.3 Å². The lowest BCUT2D eigenvalue weighted by atomic mass is 9.80. The summed E-state index contributed by atoms with van der Waals surface area (Å²) in [7, 11) is 0. The monoisotopic (exact) mass is 241 g/mol. The molecule has 0 saturated heterocycles. The van der Waals surface area contributed by atoms with Gasteiger partial charge in [0.25, 0.3) is 0 Å². The van der Waals surface area contributed by atoms with E-state index < -0.39 is 0 Å². The molecule has 0 aromatic heterocycles. The molecular weight excluding hydrogens is 210 g/mol. The molecule has 102 valence electrons. The molecule has 0 spiro atoms. The van der Waals surface area contributed by atoms with E-state index in [1.807, 2.05) is 0 Å². The molecule has 0 heterocycles. The maximum Gasteiger partial charge on any atom is 0.0496 e. The summed E-state index contributed by atoms with van der Waals surface area (Å²) >= 11 is 0. The van der Waals surface area contributed by atoms with Crippen molar-refractivity contribution in [2.45, 2.75) is 59.3 Å². The second kappa shape index (κ2) is 7.38. The van der Waals surface area contributed by atoms with E-state index in [2.05, 4.69) is 26.1 Å². The first-order chi connectivity index (χ1) is 8.13. The van der Waals surface area contributed by atoms with Crippen molar-refractivity contribution in [3.63, 3.8) is 0 Å². The molecule has 1 atom stereocenters. The quantitative estimate of drug-likeness (QED) is 0.717. The van der Waals surface area contributed by atoms with Crippen LogP contribution in [0.25, 0.3) is 0 Å². The van der Waals surface area contributed by atoms with E-state index in [4.69, 9.17) is 0 Å². The minimum absolute atomic E-state index is 0.0701. The first kappa shape index (κ1) is 15.0. The molecule has 2 nitrogen and oxygen atoms in total. The van der Waals surface area contributed by atoms with Gasteiger partial charge in [-0.05, 0) is 37.6 Å². The van der Waals surface area contributed by atoms with E-state index in [9.17, 15) is 5.11 Å². The third-order valence-electron chi connectivity index (χ3n) is 4.76. The van der Waals surface area contributed by atoms with Crippen molar-refractivity contribution in [2.75, 3.05) is 19.7 Å². The Bertz CT molecular complexity index is 193. The first-order valence-electron chi connectivity index (χ1n) is 7.45. The van der Waals surface area contributed by atoms with Gasteiger partial charge < -0.3 is 10.4 Å². The largest absolute Gasteiger partial charge is 0.396 e. The van der Waals surface area contributed by atoms with E-state index in [-0.39, 0.29) is 5.41 Å². The molecule has 1 aliphatic carbocycles. The molecule has 0 aliphatic heterocycles. The zero-order valence-corrected chi connectivity index (χ0v) is 12.0. The molecule has 0 bridgehead atoms. The topological polar surface area (TPSA) is 32.3 Å². The standard InChI is InChI=1S/C15H31NO/c1-4-13-6-8-14(9-7-13)10-16-11-15(3,5-2)12-17/h13-14,16-17H,4-12H2,1-3H3. The third-order valence-corrected chi connectivity index (χ3v) is 4.76. The van der Waals surface area contributed by atoms with Crippen LogP contribution in [0.15, 0.2) is 0 Å². The van der Waals surface area contributed by atoms with Crippen LogP contribution in [0.2, 0.25) is 0 Å². The van der Waals surface area contributed by atoms with Crippen LogP contribution in [0.3, 0.4) is 0 Å². The van der Waals surface area contributed by atoms with Crippen molar-refractivity contribution < 1.29 is 5.11 Å². The second-order valence-corrected chi connectivity index (χ2v) is 6.25. The Morgan fingerprint density at radius 3 is 2.18 bits per heavy atom. The molecule has 1 unspecified atom stereocenters. The fourth-order valence-corrected chi connectivity index (χ4v) is 2.71. The molecule has 17 heavy (non-hydrogen) atoms. The van der Waals surface area contributed by atoms with E-state index in [0.717, 1.165) is 31.3 Å². The van der Waals surface area contributed by atoms with Crippen LogP contribution in [0.4, 0.5) is 0 Å². The zero-order chi connectivity index (χ0) is 12.7. The van der Waals surface area contributed by atoms with E-state index in [1.54, 1.807) is 0 Å². The minimum atomic E-state index is 0.0701. The molecule has 2 N–H and O–H groups in total. The Kier molecular flexibility index (Phi) is 6.50. The van der Waals surface area contributed by atoms with Crippen molar-refractivity contribution in [2.24, 2.45) is 17.3 Å². The molecule has 1 saturated carbocycles. The van der Waals surface area contributed by atoms with Gasteiger partial charge in [0.15, 0.2) is 0 Å². The van der Waals surface area contributed by atoms with Gasteiger partial charge >= 0.3 is 0 Å². The van der Waals surface area contributed by atoms with Crippen molar-refractivity contribution in [1.29, 1.82) is 0 Å². The highest BCUT2D eigenvalue weighted by Gasteiger charge is 2.23. The van der Waals surface area contributed by atoms with Crippen molar-refractivity contribution >= 4 is 0 Å². The second-order valence-electron chi connectivity index (χ2n) is 6.25. The van der Waals surface area contributed by atoms with Gasteiger partial charge in [0.2, 0.25) is 0 Å². The fraction of sp³-hybridized carbons (Fsp3) is 1.00. The molecule has 0 amide bonds. The number of aliphatic hydroxyl groups is 1. The van der Waals surface area contributed by atoms with Crippen molar-refractivity contribution in [3.05, 3.63) is 0 Å². The summed E-state index contributed by atoms with van der Waals surface area (Å²) in [6.07, 6.45) is 8.04. The van der Waals surface area contributed by atoms with E-state index in [0.29, 0.717) is 6.61 Å². The van der Waals surface area contributed by atoms with Crippen LogP contribution in [-0.4, -0.2) is 24.8 Å². The summed E-state index contributed by atoms with van der Waals surface area (Å²) < 4.78 is 0. The Labute approximate surface area is 107 Å². The molecule has 0 aromatic carbocycles. The van der Waals surface area contributed by atoms with E-state index in [1.165, 1.54) is 32.1 Å². The molecule has 0 aromatic rings. The summed E-state index contributed by atoms with van der Waals surface area (Å²) in [6, 6.07) is 0. The van der Waals surface area contributed by atoms with Gasteiger partial charge in [-0.1, -0.05) is 40.0 Å². The van der Waals surface area contributed by atoms with Crippen molar-refractivity contribution in [1.82, 2.24) is 5.32 Å². The molecular formula is C15H31NO. The van der Waals surface area contributed by atoms with Gasteiger partial charge in [0.1, 0.15) is 0 Å². The smallest absolute Gasteiger partial charge is 0.0496 e. The van der Waals surface area contributed by atoms with Gasteiger partial charge in [0.05, 0.1) is 0 Å². The highest BCUT2D eigenvalue weighted by atomic mass is 16.3. The molecule has 1 fully saturated rings. The summed E-state index contributed by atoms with van der Waals surface area (Å²) in [4.78, 5) is 0. The summed E-state index contributed by atoms with van der Waals surface area (Å²) in [5, 5.41) is 12.9. The highest BCUT2D eigenvalue weighted by Crippen LogP contribution is 2.30. The number of hydrogen-bond acceptors (Lipinski definition) is 2. The summed E-state index contributed by atoms with van der Waals surface area (Å²) in [6.45, 7) is 9.02. The number of nitrogens with one attached hydrogen (secondary N) is 1. The van der Waals surface area contributed by atoms with Crippen LogP contribution in [0.5, 0.6) is 0 Å². The lowest BCUT2D eigenvalue weighted by molar-refractivity contribution is 0.132. The van der Waals surface area contributed by atoms with Gasteiger partial charge in [-0.25, -0.2) is 0 Å². The molecule has 1 rings (SSSR count). The zero-order valence-electron chi connectivity index (χ0n) is 12.0. The Hall–Kier alpha value is -0.0800. The first-order valence-corrected chi connectivity index (χ1v) is 7.45. The Morgan fingerprint density at radius 2 is 1.71 bits per heavy atom. The van der Waals surface area contributed by atoms with Gasteiger partial charge in [0, 0.05) is 18.6 Å². The number of hydrogen-bond donors (Lipinski definition) is 2. The molecule has 0 radical (unpaired) electrons. The minimum Gasteiger partial charge on any atom is -0.396 e. The number of rotatable bonds is 7. The Morgan fingerprint density at radius 1 is 1.12 bits per heavy atom. The highest BCUT2D eigenvalue weighted by molar-refractivity contribution is 4.77. The van der Waals surface area contributed by atoms with Crippen LogP contribution in [-0.2, 0) is 0 Å². The lowest BCUT2D eigenvalue weighted by Crippen LogP contribution is -2.37. The maximum absolute atomic E-state index is 9.35. The Balaban J connectivity index is 2.15. The van der Waals surface area contributed by atoms with Crippen LogP contribution >= 0.6 is 0 Å². The average Bonchev–Trinajstić information content (AvgIpc) is 2.39. The predicted octanol–water partition coefficient (Wildman–Crippen LogP) is 3.20. The maximum atomic E-state index is 9.35. The van der Waals surface area contributed by atoms with Crippen molar-refractivity contribution in [3.8, 4) is 0 Å². The average molecular weight is 241 g/mol. The van der Waals surface area contributed by atoms with E-state index >= 15 is 0 Å². The molecule has 2 heteroatoms. The predicted molar refractivity (Wildman–Crippen MR) is 74.1 cm³/mol. The fourth-order valence-electron chi connectivity index (χ4n) is 2.71. The number of aliphatic hydroxyl groups excluding tert-OH is 1. The summed E-state index contributed by atoms with van der Waals surface area (Å²) in [5.74, 6) is 1.86. The van der Waals surface area contributed by atoms with Gasteiger partial charge in [-0.15, -0.1) is 0 Å².